The van der Waals surface area contributed by atoms with Crippen molar-refractivity contribution in [2.75, 3.05) is 14.2 Å². The van der Waals surface area contributed by atoms with Crippen LogP contribution in [0.15, 0.2) is 58.9 Å². The Bertz CT molecular complexity index is 599. The van der Waals surface area contributed by atoms with Crippen LogP contribution < -0.4 is 0 Å². The Hall–Kier alpha value is -2.03. The standard InChI is InChI=1S/C21H30O3/c1-16(15-20(22)24-6)9-7-11-18(23-5)12-13-19-17(2)10-8-14-21(19,3)4/h7,9,11-13,15H,8,10,14H2,1-6H3/b9-7+,13-12+,16-15+,18-11+. The highest BCUT2D eigenvalue weighted by Crippen LogP contribution is 2.40. The topological polar surface area (TPSA) is 35.5 Å². The van der Waals surface area contributed by atoms with Crippen molar-refractivity contribution >= 4 is 5.97 Å². The highest BCUT2D eigenvalue weighted by atomic mass is 16.5. The number of esters is 1. The molecular formula is C21H30O3. The van der Waals surface area contributed by atoms with Crippen LogP contribution in [0.4, 0.5) is 0 Å². The average molecular weight is 330 g/mol. The summed E-state index contributed by atoms with van der Waals surface area (Å²) in [4.78, 5) is 11.2. The van der Waals surface area contributed by atoms with E-state index in [9.17, 15) is 4.79 Å². The summed E-state index contributed by atoms with van der Waals surface area (Å²) in [7, 11) is 3.03. The molecule has 1 aliphatic carbocycles. The second kappa shape index (κ2) is 9.31. The Morgan fingerprint density at radius 3 is 2.46 bits per heavy atom. The average Bonchev–Trinajstić information content (AvgIpc) is 2.51. The summed E-state index contributed by atoms with van der Waals surface area (Å²) in [5.74, 6) is 0.425. The maximum Gasteiger partial charge on any atom is 0.330 e. The minimum Gasteiger partial charge on any atom is -0.497 e. The summed E-state index contributed by atoms with van der Waals surface area (Å²) in [6, 6.07) is 0. The van der Waals surface area contributed by atoms with Crippen molar-refractivity contribution in [1.82, 2.24) is 0 Å². The van der Waals surface area contributed by atoms with E-state index in [2.05, 4.69) is 31.6 Å². The smallest absolute Gasteiger partial charge is 0.330 e. The molecule has 0 saturated carbocycles. The van der Waals surface area contributed by atoms with E-state index in [4.69, 9.17) is 4.74 Å². The predicted molar refractivity (Wildman–Crippen MR) is 99.5 cm³/mol. The molecule has 0 aromatic carbocycles. The van der Waals surface area contributed by atoms with Crippen LogP contribution in [0.1, 0.15) is 47.0 Å². The molecule has 0 unspecified atom stereocenters. The first-order valence-electron chi connectivity index (χ1n) is 8.37. The van der Waals surface area contributed by atoms with Crippen LogP contribution in [-0.2, 0) is 14.3 Å². The summed E-state index contributed by atoms with van der Waals surface area (Å²) >= 11 is 0. The first-order chi connectivity index (χ1) is 11.3. The van der Waals surface area contributed by atoms with Gasteiger partial charge < -0.3 is 9.47 Å². The minimum atomic E-state index is -0.352. The summed E-state index contributed by atoms with van der Waals surface area (Å²) in [6.45, 7) is 8.67. The molecule has 0 bridgehead atoms. The second-order valence-electron chi connectivity index (χ2n) is 6.81. The third-order valence-electron chi connectivity index (χ3n) is 4.36. The molecule has 1 rings (SSSR count). The van der Waals surface area contributed by atoms with Gasteiger partial charge in [0.25, 0.3) is 0 Å². The van der Waals surface area contributed by atoms with Crippen molar-refractivity contribution in [1.29, 1.82) is 0 Å². The van der Waals surface area contributed by atoms with E-state index in [0.717, 1.165) is 11.3 Å². The number of ether oxygens (including phenoxy) is 2. The molecule has 24 heavy (non-hydrogen) atoms. The fraction of sp³-hybridized carbons (Fsp3) is 0.476. The van der Waals surface area contributed by atoms with E-state index in [-0.39, 0.29) is 11.4 Å². The SMILES string of the molecule is COC(=O)/C=C(C)/C=C/C=C(\C=C\C1=C(C)CCCC1(C)C)OC. The fourth-order valence-electron chi connectivity index (χ4n) is 2.96. The van der Waals surface area contributed by atoms with Crippen molar-refractivity contribution in [3.8, 4) is 0 Å². The van der Waals surface area contributed by atoms with Crippen LogP contribution in [-0.4, -0.2) is 20.2 Å². The number of methoxy groups -OCH3 is 2. The number of carbonyl (C=O) groups excluding carboxylic acids is 1. The summed E-state index contributed by atoms with van der Waals surface area (Å²) in [6.07, 6.45) is 14.9. The molecule has 0 aromatic heterocycles. The van der Waals surface area contributed by atoms with E-state index in [1.807, 2.05) is 31.2 Å². The van der Waals surface area contributed by atoms with Gasteiger partial charge in [-0.25, -0.2) is 4.79 Å². The van der Waals surface area contributed by atoms with Crippen molar-refractivity contribution in [2.45, 2.75) is 47.0 Å². The lowest BCUT2D eigenvalue weighted by atomic mass is 9.72. The van der Waals surface area contributed by atoms with Crippen LogP contribution in [0.5, 0.6) is 0 Å². The molecular weight excluding hydrogens is 300 g/mol. The molecule has 0 spiro atoms. The molecule has 0 aromatic rings. The Morgan fingerprint density at radius 1 is 1.17 bits per heavy atom. The van der Waals surface area contributed by atoms with Gasteiger partial charge in [-0.15, -0.1) is 0 Å². The van der Waals surface area contributed by atoms with Gasteiger partial charge in [-0.3, -0.25) is 0 Å². The normalized spacial score (nSPS) is 19.2. The van der Waals surface area contributed by atoms with E-state index >= 15 is 0 Å². The molecule has 0 fully saturated rings. The van der Waals surface area contributed by atoms with Crippen molar-refractivity contribution < 1.29 is 14.3 Å². The third-order valence-corrected chi connectivity index (χ3v) is 4.36. The summed E-state index contributed by atoms with van der Waals surface area (Å²) in [5, 5.41) is 0. The molecule has 0 radical (unpaired) electrons. The van der Waals surface area contributed by atoms with E-state index in [1.165, 1.54) is 43.6 Å². The second-order valence-corrected chi connectivity index (χ2v) is 6.81. The van der Waals surface area contributed by atoms with Crippen LogP contribution in [0, 0.1) is 5.41 Å². The maximum atomic E-state index is 11.2. The molecule has 132 valence electrons. The van der Waals surface area contributed by atoms with E-state index in [0.29, 0.717) is 0 Å². The highest BCUT2D eigenvalue weighted by molar-refractivity contribution is 5.83. The summed E-state index contributed by atoms with van der Waals surface area (Å²) in [5.41, 5.74) is 3.91. The Kier molecular flexibility index (Phi) is 7.76. The first-order valence-corrected chi connectivity index (χ1v) is 8.37. The van der Waals surface area contributed by atoms with Crippen LogP contribution in [0.25, 0.3) is 0 Å². The fourth-order valence-corrected chi connectivity index (χ4v) is 2.96. The largest absolute Gasteiger partial charge is 0.497 e. The molecule has 0 amide bonds. The number of allylic oxidation sites excluding steroid dienone is 8. The molecule has 3 nitrogen and oxygen atoms in total. The first kappa shape index (κ1) is 20.0. The minimum absolute atomic E-state index is 0.216. The van der Waals surface area contributed by atoms with Gasteiger partial charge in [-0.05, 0) is 61.8 Å². The molecule has 0 saturated heterocycles. The number of rotatable bonds is 6. The Morgan fingerprint density at radius 2 is 1.88 bits per heavy atom. The van der Waals surface area contributed by atoms with Crippen LogP contribution in [0.2, 0.25) is 0 Å². The summed E-state index contributed by atoms with van der Waals surface area (Å²) < 4.78 is 10.0. The zero-order valence-electron chi connectivity index (χ0n) is 15.8. The number of carbonyl (C=O) groups is 1. The van der Waals surface area contributed by atoms with Gasteiger partial charge in [0, 0.05) is 6.08 Å². The van der Waals surface area contributed by atoms with Crippen molar-refractivity contribution in [3.05, 3.63) is 58.9 Å². The molecule has 0 N–H and O–H groups in total. The Labute approximate surface area is 146 Å². The molecule has 0 atom stereocenters. The maximum absolute atomic E-state index is 11.2. The lowest BCUT2D eigenvalue weighted by molar-refractivity contribution is -0.134. The Balaban J connectivity index is 2.87. The lowest BCUT2D eigenvalue weighted by Crippen LogP contribution is -2.19. The van der Waals surface area contributed by atoms with Gasteiger partial charge in [-0.2, -0.15) is 0 Å². The quantitative estimate of drug-likeness (QED) is 0.288. The molecule has 0 heterocycles. The van der Waals surface area contributed by atoms with Gasteiger partial charge in [0.1, 0.15) is 5.76 Å². The predicted octanol–water partition coefficient (Wildman–Crippen LogP) is 5.28. The van der Waals surface area contributed by atoms with Crippen LogP contribution in [0.3, 0.4) is 0 Å². The molecule has 1 aliphatic rings. The zero-order valence-corrected chi connectivity index (χ0v) is 15.8. The zero-order chi connectivity index (χ0) is 18.2. The van der Waals surface area contributed by atoms with Gasteiger partial charge in [0.05, 0.1) is 14.2 Å². The third kappa shape index (κ3) is 6.23. The molecule has 0 aliphatic heterocycles. The lowest BCUT2D eigenvalue weighted by Gasteiger charge is -2.32. The molecule has 3 heteroatoms. The van der Waals surface area contributed by atoms with Gasteiger partial charge in [0.2, 0.25) is 0 Å². The monoisotopic (exact) mass is 330 g/mol. The van der Waals surface area contributed by atoms with E-state index < -0.39 is 0 Å². The van der Waals surface area contributed by atoms with Crippen molar-refractivity contribution in [3.63, 3.8) is 0 Å². The van der Waals surface area contributed by atoms with Gasteiger partial charge in [-0.1, -0.05) is 37.6 Å². The van der Waals surface area contributed by atoms with Crippen molar-refractivity contribution in [2.24, 2.45) is 5.41 Å². The van der Waals surface area contributed by atoms with E-state index in [1.54, 1.807) is 7.11 Å². The highest BCUT2D eigenvalue weighted by Gasteiger charge is 2.26. The van der Waals surface area contributed by atoms with Crippen LogP contribution >= 0.6 is 0 Å². The van der Waals surface area contributed by atoms with Gasteiger partial charge >= 0.3 is 5.97 Å². The number of hydrogen-bond donors (Lipinski definition) is 0. The van der Waals surface area contributed by atoms with Gasteiger partial charge in [0.15, 0.2) is 0 Å². The number of hydrogen-bond acceptors (Lipinski definition) is 3.